The molecule has 1 aromatic rings. The van der Waals surface area contributed by atoms with E-state index >= 15 is 0 Å². The van der Waals surface area contributed by atoms with Crippen molar-refractivity contribution in [2.24, 2.45) is 0 Å². The molecule has 0 aromatic carbocycles. The minimum absolute atomic E-state index is 0.595. The molecular formula is C12H20N4. The quantitative estimate of drug-likeness (QED) is 0.778. The highest BCUT2D eigenvalue weighted by Crippen LogP contribution is 2.26. The molecule has 0 aliphatic heterocycles. The molecule has 1 saturated carbocycles. The van der Waals surface area contributed by atoms with Crippen molar-refractivity contribution in [3.05, 3.63) is 24.3 Å². The van der Waals surface area contributed by atoms with E-state index in [0.29, 0.717) is 6.04 Å². The number of likely N-dealkylation sites (N-methyl/N-ethyl adjacent to an activating group) is 1. The molecule has 16 heavy (non-hydrogen) atoms. The third kappa shape index (κ3) is 3.25. The molecule has 0 bridgehead atoms. The molecule has 1 fully saturated rings. The topological polar surface area (TPSA) is 41.1 Å². The Balaban J connectivity index is 1.67. The first kappa shape index (κ1) is 11.5. The van der Waals surface area contributed by atoms with Gasteiger partial charge in [-0.2, -0.15) is 0 Å². The van der Waals surface area contributed by atoms with Crippen molar-refractivity contribution in [1.82, 2.24) is 20.2 Å². The Bertz CT molecular complexity index is 310. The number of nitrogens with zero attached hydrogens (tertiary/aromatic N) is 3. The highest BCUT2D eigenvalue weighted by molar-refractivity contribution is 5.01. The lowest BCUT2D eigenvalue weighted by molar-refractivity contribution is 0.241. The van der Waals surface area contributed by atoms with Gasteiger partial charge in [-0.1, -0.05) is 0 Å². The van der Waals surface area contributed by atoms with Gasteiger partial charge in [0, 0.05) is 43.1 Å². The summed E-state index contributed by atoms with van der Waals surface area (Å²) in [7, 11) is 2.22. The molecule has 0 spiro atoms. The molecule has 1 heterocycles. The van der Waals surface area contributed by atoms with E-state index in [-0.39, 0.29) is 0 Å². The number of nitrogens with one attached hydrogen (secondary N) is 1. The molecular weight excluding hydrogens is 200 g/mol. The van der Waals surface area contributed by atoms with E-state index in [1.165, 1.54) is 12.8 Å². The summed E-state index contributed by atoms with van der Waals surface area (Å²) in [5.74, 6) is 0. The number of hydrogen-bond acceptors (Lipinski definition) is 4. The molecule has 0 radical (unpaired) electrons. The largest absolute Gasteiger partial charge is 0.311 e. The van der Waals surface area contributed by atoms with Gasteiger partial charge in [-0.25, -0.2) is 9.97 Å². The van der Waals surface area contributed by atoms with Crippen LogP contribution in [0.4, 0.5) is 0 Å². The number of aromatic nitrogens is 2. The van der Waals surface area contributed by atoms with Gasteiger partial charge < -0.3 is 5.32 Å². The summed E-state index contributed by atoms with van der Waals surface area (Å²) < 4.78 is 0. The van der Waals surface area contributed by atoms with Crippen molar-refractivity contribution in [1.29, 1.82) is 0 Å². The Morgan fingerprint density at radius 1 is 1.44 bits per heavy atom. The van der Waals surface area contributed by atoms with Crippen LogP contribution in [-0.4, -0.2) is 40.5 Å². The van der Waals surface area contributed by atoms with Crippen molar-refractivity contribution >= 4 is 0 Å². The van der Waals surface area contributed by atoms with Gasteiger partial charge in [0.25, 0.3) is 0 Å². The predicted octanol–water partition coefficient (Wildman–Crippen LogP) is 1.05. The Labute approximate surface area is 97.1 Å². The molecule has 1 unspecified atom stereocenters. The van der Waals surface area contributed by atoms with E-state index in [1.807, 2.05) is 12.4 Å². The standard InChI is InChI=1S/C12H20N4/c1-10(16(2)12-3-4-12)5-13-6-11-7-14-9-15-8-11/h7-10,12-13H,3-6H2,1-2H3. The van der Waals surface area contributed by atoms with E-state index in [9.17, 15) is 0 Å². The molecule has 4 heteroatoms. The normalized spacial score (nSPS) is 17.7. The van der Waals surface area contributed by atoms with Crippen molar-refractivity contribution < 1.29 is 0 Å². The zero-order chi connectivity index (χ0) is 11.4. The first-order valence-electron chi connectivity index (χ1n) is 5.94. The Morgan fingerprint density at radius 2 is 2.12 bits per heavy atom. The maximum absolute atomic E-state index is 3.99. The molecule has 1 aliphatic carbocycles. The highest BCUT2D eigenvalue weighted by atomic mass is 15.2. The van der Waals surface area contributed by atoms with Gasteiger partial charge in [-0.15, -0.1) is 0 Å². The van der Waals surface area contributed by atoms with Crippen LogP contribution in [0.3, 0.4) is 0 Å². The molecule has 1 atom stereocenters. The van der Waals surface area contributed by atoms with Gasteiger partial charge in [0.05, 0.1) is 0 Å². The first-order valence-corrected chi connectivity index (χ1v) is 5.94. The first-order chi connectivity index (χ1) is 7.77. The van der Waals surface area contributed by atoms with Crippen LogP contribution < -0.4 is 5.32 Å². The van der Waals surface area contributed by atoms with Gasteiger partial charge in [0.15, 0.2) is 0 Å². The average molecular weight is 220 g/mol. The van der Waals surface area contributed by atoms with Crippen molar-refractivity contribution in [3.8, 4) is 0 Å². The molecule has 1 N–H and O–H groups in total. The van der Waals surface area contributed by atoms with E-state index < -0.39 is 0 Å². The fourth-order valence-corrected chi connectivity index (χ4v) is 1.83. The summed E-state index contributed by atoms with van der Waals surface area (Å²) in [5, 5.41) is 3.44. The second kappa shape index (κ2) is 5.37. The van der Waals surface area contributed by atoms with E-state index in [4.69, 9.17) is 0 Å². The summed E-state index contributed by atoms with van der Waals surface area (Å²) in [6.45, 7) is 4.14. The molecule has 2 rings (SSSR count). The van der Waals surface area contributed by atoms with Crippen molar-refractivity contribution in [2.45, 2.75) is 38.4 Å². The lowest BCUT2D eigenvalue weighted by Crippen LogP contribution is -2.38. The van der Waals surface area contributed by atoms with Crippen LogP contribution >= 0.6 is 0 Å². The molecule has 88 valence electrons. The van der Waals surface area contributed by atoms with Gasteiger partial charge in [0.2, 0.25) is 0 Å². The van der Waals surface area contributed by atoms with Crippen LogP contribution in [0.1, 0.15) is 25.3 Å². The highest BCUT2D eigenvalue weighted by Gasteiger charge is 2.28. The van der Waals surface area contributed by atoms with Crippen LogP contribution in [0.5, 0.6) is 0 Å². The molecule has 1 aromatic heterocycles. The minimum atomic E-state index is 0.595. The zero-order valence-corrected chi connectivity index (χ0v) is 10.1. The fraction of sp³-hybridized carbons (Fsp3) is 0.667. The third-order valence-electron chi connectivity index (χ3n) is 3.20. The molecule has 4 nitrogen and oxygen atoms in total. The monoisotopic (exact) mass is 220 g/mol. The van der Waals surface area contributed by atoms with Gasteiger partial charge in [-0.3, -0.25) is 4.90 Å². The van der Waals surface area contributed by atoms with E-state index in [2.05, 4.69) is 34.2 Å². The molecule has 0 saturated heterocycles. The molecule has 1 aliphatic rings. The van der Waals surface area contributed by atoms with Crippen LogP contribution in [-0.2, 0) is 6.54 Å². The SMILES string of the molecule is CC(CNCc1cncnc1)N(C)C1CC1. The minimum Gasteiger partial charge on any atom is -0.311 e. The van der Waals surface area contributed by atoms with Crippen LogP contribution in [0.15, 0.2) is 18.7 Å². The van der Waals surface area contributed by atoms with Gasteiger partial charge in [-0.05, 0) is 26.8 Å². The van der Waals surface area contributed by atoms with Gasteiger partial charge >= 0.3 is 0 Å². The van der Waals surface area contributed by atoms with Crippen molar-refractivity contribution in [2.75, 3.05) is 13.6 Å². The van der Waals surface area contributed by atoms with Crippen molar-refractivity contribution in [3.63, 3.8) is 0 Å². The Kier molecular flexibility index (Phi) is 3.85. The second-order valence-electron chi connectivity index (χ2n) is 4.62. The van der Waals surface area contributed by atoms with Crippen LogP contribution in [0, 0.1) is 0 Å². The summed E-state index contributed by atoms with van der Waals surface area (Å²) in [5.41, 5.74) is 1.14. The smallest absolute Gasteiger partial charge is 0.115 e. The lowest BCUT2D eigenvalue weighted by Gasteiger charge is -2.24. The summed E-state index contributed by atoms with van der Waals surface area (Å²) in [6, 6.07) is 1.42. The Morgan fingerprint density at radius 3 is 2.75 bits per heavy atom. The summed E-state index contributed by atoms with van der Waals surface area (Å²) >= 11 is 0. The fourth-order valence-electron chi connectivity index (χ4n) is 1.83. The summed E-state index contributed by atoms with van der Waals surface area (Å²) in [4.78, 5) is 10.5. The maximum Gasteiger partial charge on any atom is 0.115 e. The number of rotatable bonds is 6. The lowest BCUT2D eigenvalue weighted by atomic mass is 10.2. The van der Waals surface area contributed by atoms with Crippen LogP contribution in [0.2, 0.25) is 0 Å². The number of hydrogen-bond donors (Lipinski definition) is 1. The Hall–Kier alpha value is -1.00. The predicted molar refractivity (Wildman–Crippen MR) is 64.0 cm³/mol. The van der Waals surface area contributed by atoms with E-state index in [0.717, 1.165) is 24.7 Å². The summed E-state index contributed by atoms with van der Waals surface area (Å²) in [6.07, 6.45) is 8.01. The zero-order valence-electron chi connectivity index (χ0n) is 10.1. The third-order valence-corrected chi connectivity index (χ3v) is 3.20. The second-order valence-corrected chi connectivity index (χ2v) is 4.62. The van der Waals surface area contributed by atoms with Crippen LogP contribution in [0.25, 0.3) is 0 Å². The molecule has 0 amide bonds. The average Bonchev–Trinajstić information content (AvgIpc) is 3.13. The van der Waals surface area contributed by atoms with E-state index in [1.54, 1.807) is 6.33 Å². The van der Waals surface area contributed by atoms with Gasteiger partial charge in [0.1, 0.15) is 6.33 Å². The maximum atomic E-state index is 3.99.